The van der Waals surface area contributed by atoms with Crippen molar-refractivity contribution in [1.29, 1.82) is 0 Å². The largest absolute Gasteiger partial charge is 0.0853 e. The van der Waals surface area contributed by atoms with Gasteiger partial charge in [-0.15, -0.1) is 0 Å². The third kappa shape index (κ3) is 9.10. The van der Waals surface area contributed by atoms with E-state index in [1.807, 2.05) is 0 Å². The molecule has 0 N–H and O–H groups in total. The summed E-state index contributed by atoms with van der Waals surface area (Å²) in [6.45, 7) is 2.29. The van der Waals surface area contributed by atoms with E-state index in [0.29, 0.717) is 4.32 Å². The summed E-state index contributed by atoms with van der Waals surface area (Å²) < 4.78 is 0.533. The molecule has 0 saturated heterocycles. The minimum Gasteiger partial charge on any atom is -0.0853 e. The Morgan fingerprint density at radius 2 is 1.16 bits per heavy atom. The van der Waals surface area contributed by atoms with Crippen LogP contribution >= 0.6 is 15.9 Å². The van der Waals surface area contributed by atoms with E-state index < -0.39 is 0 Å². The molecule has 1 saturated carbocycles. The van der Waals surface area contributed by atoms with Gasteiger partial charge in [0.05, 0.1) is 0 Å². The molecular weight excluding hydrogens is 296 g/mol. The molecule has 114 valence electrons. The highest BCUT2D eigenvalue weighted by Gasteiger charge is 2.27. The van der Waals surface area contributed by atoms with E-state index in [1.165, 1.54) is 103 Å². The van der Waals surface area contributed by atoms with E-state index in [9.17, 15) is 0 Å². The third-order valence-electron chi connectivity index (χ3n) is 4.73. The molecule has 1 aliphatic rings. The van der Waals surface area contributed by atoms with Gasteiger partial charge < -0.3 is 0 Å². The lowest BCUT2D eigenvalue weighted by Gasteiger charge is -2.31. The molecule has 0 amide bonds. The lowest BCUT2D eigenvalue weighted by Crippen LogP contribution is -2.23. The Balaban J connectivity index is 1.83. The lowest BCUT2D eigenvalue weighted by atomic mass is 9.85. The maximum Gasteiger partial charge on any atom is 0.0258 e. The number of halogens is 1. The molecular formula is C18H35Br. The molecule has 1 heteroatoms. The van der Waals surface area contributed by atoms with Gasteiger partial charge in [0.25, 0.3) is 0 Å². The van der Waals surface area contributed by atoms with Crippen molar-refractivity contribution in [3.63, 3.8) is 0 Å². The van der Waals surface area contributed by atoms with Gasteiger partial charge in [-0.2, -0.15) is 0 Å². The molecule has 0 nitrogen and oxygen atoms in total. The normalized spacial score (nSPS) is 18.6. The Morgan fingerprint density at radius 3 is 1.68 bits per heavy atom. The monoisotopic (exact) mass is 330 g/mol. The van der Waals surface area contributed by atoms with Gasteiger partial charge in [0, 0.05) is 4.32 Å². The summed E-state index contributed by atoms with van der Waals surface area (Å²) in [6, 6.07) is 0. The van der Waals surface area contributed by atoms with Crippen LogP contribution in [0.3, 0.4) is 0 Å². The van der Waals surface area contributed by atoms with Crippen molar-refractivity contribution in [1.82, 2.24) is 0 Å². The van der Waals surface area contributed by atoms with Gasteiger partial charge in [-0.3, -0.25) is 0 Å². The molecule has 1 fully saturated rings. The van der Waals surface area contributed by atoms with Crippen LogP contribution in [0.2, 0.25) is 0 Å². The van der Waals surface area contributed by atoms with Crippen LogP contribution in [0.25, 0.3) is 0 Å². The number of rotatable bonds is 11. The van der Waals surface area contributed by atoms with Crippen molar-refractivity contribution in [3.05, 3.63) is 0 Å². The Bertz CT molecular complexity index is 194. The summed E-state index contributed by atoms with van der Waals surface area (Å²) in [6.07, 6.45) is 23.2. The summed E-state index contributed by atoms with van der Waals surface area (Å²) in [7, 11) is 0. The van der Waals surface area contributed by atoms with Gasteiger partial charge in [0.1, 0.15) is 0 Å². The van der Waals surface area contributed by atoms with Gasteiger partial charge in [0.2, 0.25) is 0 Å². The first-order valence-electron chi connectivity index (χ1n) is 8.96. The van der Waals surface area contributed by atoms with E-state index in [0.717, 1.165) is 0 Å². The fourth-order valence-corrected chi connectivity index (χ4v) is 4.21. The standard InChI is InChI=1S/C18H35Br/c1-2-3-4-5-6-7-8-9-10-12-15-18(19)16-13-11-14-17-18/h2-17H2,1H3. The predicted octanol–water partition coefficient (Wildman–Crippen LogP) is 7.40. The van der Waals surface area contributed by atoms with E-state index in [1.54, 1.807) is 0 Å². The average molecular weight is 331 g/mol. The van der Waals surface area contributed by atoms with E-state index in [2.05, 4.69) is 22.9 Å². The first-order chi connectivity index (χ1) is 9.27. The van der Waals surface area contributed by atoms with Crippen molar-refractivity contribution in [2.24, 2.45) is 0 Å². The molecule has 0 atom stereocenters. The van der Waals surface area contributed by atoms with Crippen molar-refractivity contribution >= 4 is 15.9 Å². The second-order valence-corrected chi connectivity index (χ2v) is 8.33. The Hall–Kier alpha value is 0.480. The Labute approximate surface area is 130 Å². The van der Waals surface area contributed by atoms with Crippen LogP contribution in [0, 0.1) is 0 Å². The molecule has 0 unspecified atom stereocenters. The summed E-state index contributed by atoms with van der Waals surface area (Å²) in [5, 5.41) is 0. The summed E-state index contributed by atoms with van der Waals surface area (Å²) in [5.74, 6) is 0. The van der Waals surface area contributed by atoms with E-state index >= 15 is 0 Å². The maximum absolute atomic E-state index is 4.01. The molecule has 1 rings (SSSR count). The SMILES string of the molecule is CCCCCCCCCCCCC1(Br)CCCCC1. The van der Waals surface area contributed by atoms with Crippen LogP contribution in [0.4, 0.5) is 0 Å². The third-order valence-corrected chi connectivity index (χ3v) is 5.92. The van der Waals surface area contributed by atoms with Crippen LogP contribution in [0.5, 0.6) is 0 Å². The average Bonchev–Trinajstić information content (AvgIpc) is 2.42. The Kier molecular flexibility index (Phi) is 10.3. The molecule has 0 spiro atoms. The molecule has 0 aromatic heterocycles. The highest BCUT2D eigenvalue weighted by Crippen LogP contribution is 2.39. The minimum absolute atomic E-state index is 0.533. The molecule has 0 bridgehead atoms. The van der Waals surface area contributed by atoms with Crippen LogP contribution < -0.4 is 0 Å². The molecule has 0 heterocycles. The summed E-state index contributed by atoms with van der Waals surface area (Å²) >= 11 is 4.01. The number of unbranched alkanes of at least 4 members (excludes halogenated alkanes) is 9. The van der Waals surface area contributed by atoms with Gasteiger partial charge >= 0.3 is 0 Å². The molecule has 1 aliphatic carbocycles. The quantitative estimate of drug-likeness (QED) is 0.273. The number of hydrogen-bond donors (Lipinski definition) is 0. The second-order valence-electron chi connectivity index (χ2n) is 6.64. The zero-order valence-corrected chi connectivity index (χ0v) is 14.8. The van der Waals surface area contributed by atoms with Gasteiger partial charge in [0.15, 0.2) is 0 Å². The summed E-state index contributed by atoms with van der Waals surface area (Å²) in [4.78, 5) is 0. The smallest absolute Gasteiger partial charge is 0.0258 e. The van der Waals surface area contributed by atoms with Gasteiger partial charge in [-0.25, -0.2) is 0 Å². The first kappa shape index (κ1) is 17.5. The molecule has 0 aromatic rings. The minimum atomic E-state index is 0.533. The van der Waals surface area contributed by atoms with Crippen molar-refractivity contribution in [2.75, 3.05) is 0 Å². The van der Waals surface area contributed by atoms with Gasteiger partial charge in [-0.1, -0.05) is 106 Å². The highest BCUT2D eigenvalue weighted by atomic mass is 79.9. The molecule has 19 heavy (non-hydrogen) atoms. The fourth-order valence-electron chi connectivity index (χ4n) is 3.36. The summed E-state index contributed by atoms with van der Waals surface area (Å²) in [5.41, 5.74) is 0. The predicted molar refractivity (Wildman–Crippen MR) is 91.2 cm³/mol. The topological polar surface area (TPSA) is 0 Å². The van der Waals surface area contributed by atoms with Crippen molar-refractivity contribution in [3.8, 4) is 0 Å². The van der Waals surface area contributed by atoms with Gasteiger partial charge in [-0.05, 0) is 19.3 Å². The van der Waals surface area contributed by atoms with Crippen LogP contribution in [-0.2, 0) is 0 Å². The molecule has 0 radical (unpaired) electrons. The van der Waals surface area contributed by atoms with Crippen LogP contribution in [0.15, 0.2) is 0 Å². The number of alkyl halides is 1. The van der Waals surface area contributed by atoms with Crippen LogP contribution in [-0.4, -0.2) is 4.32 Å². The zero-order valence-electron chi connectivity index (χ0n) is 13.2. The number of hydrogen-bond acceptors (Lipinski definition) is 0. The Morgan fingerprint density at radius 1 is 0.684 bits per heavy atom. The fraction of sp³-hybridized carbons (Fsp3) is 1.00. The second kappa shape index (κ2) is 11.2. The van der Waals surface area contributed by atoms with Crippen LogP contribution in [0.1, 0.15) is 110 Å². The van der Waals surface area contributed by atoms with E-state index in [4.69, 9.17) is 0 Å². The highest BCUT2D eigenvalue weighted by molar-refractivity contribution is 9.10. The van der Waals surface area contributed by atoms with Crippen molar-refractivity contribution < 1.29 is 0 Å². The molecule has 0 aliphatic heterocycles. The van der Waals surface area contributed by atoms with Crippen molar-refractivity contribution in [2.45, 2.75) is 114 Å². The molecule has 0 aromatic carbocycles. The maximum atomic E-state index is 4.01. The van der Waals surface area contributed by atoms with E-state index in [-0.39, 0.29) is 0 Å². The first-order valence-corrected chi connectivity index (χ1v) is 9.75. The zero-order chi connectivity index (χ0) is 13.8. The lowest BCUT2D eigenvalue weighted by molar-refractivity contribution is 0.373.